The number of carbonyl (C=O) groups excluding carboxylic acids is 1. The molecule has 0 radical (unpaired) electrons. The van der Waals surface area contributed by atoms with Gasteiger partial charge in [-0.15, -0.1) is 0 Å². The first kappa shape index (κ1) is 21.9. The Morgan fingerprint density at radius 2 is 1.90 bits per heavy atom. The summed E-state index contributed by atoms with van der Waals surface area (Å²) in [6.07, 6.45) is 4.60. The molecule has 2 aliphatic rings. The van der Waals surface area contributed by atoms with Gasteiger partial charge in [0.15, 0.2) is 5.96 Å². The van der Waals surface area contributed by atoms with Gasteiger partial charge in [-0.05, 0) is 31.4 Å². The minimum atomic E-state index is 0.0695. The molecule has 29 heavy (non-hydrogen) atoms. The lowest BCUT2D eigenvalue weighted by Crippen LogP contribution is -2.52. The third kappa shape index (κ3) is 6.09. The van der Waals surface area contributed by atoms with Crippen molar-refractivity contribution in [2.45, 2.75) is 38.6 Å². The van der Waals surface area contributed by atoms with Gasteiger partial charge < -0.3 is 15.5 Å². The lowest BCUT2D eigenvalue weighted by atomic mass is 10.1. The largest absolute Gasteiger partial charge is 0.355 e. The molecule has 1 saturated heterocycles. The Hall–Kier alpha value is -1.79. The van der Waals surface area contributed by atoms with Crippen LogP contribution >= 0.6 is 11.6 Å². The maximum atomic E-state index is 12.6. The summed E-state index contributed by atoms with van der Waals surface area (Å²) in [5, 5.41) is 7.54. The number of aliphatic imine (C=N–C) groups is 1. The molecule has 160 valence electrons. The van der Waals surface area contributed by atoms with Crippen LogP contribution in [0.2, 0.25) is 5.02 Å². The van der Waals surface area contributed by atoms with E-state index in [0.717, 1.165) is 68.7 Å². The van der Waals surface area contributed by atoms with Gasteiger partial charge in [-0.25, -0.2) is 0 Å². The zero-order valence-corrected chi connectivity index (χ0v) is 18.4. The molecule has 3 rings (SSSR count). The van der Waals surface area contributed by atoms with Crippen molar-refractivity contribution in [3.8, 4) is 0 Å². The lowest BCUT2D eigenvalue weighted by molar-refractivity contribution is -0.137. The van der Waals surface area contributed by atoms with Crippen LogP contribution in [-0.4, -0.2) is 68.0 Å². The molecular weight excluding hydrogens is 386 g/mol. The van der Waals surface area contributed by atoms with E-state index in [9.17, 15) is 4.79 Å². The second-order valence-electron chi connectivity index (χ2n) is 8.03. The van der Waals surface area contributed by atoms with Crippen molar-refractivity contribution in [2.75, 3.05) is 46.3 Å². The Morgan fingerprint density at radius 1 is 1.21 bits per heavy atom. The fourth-order valence-electron chi connectivity index (χ4n) is 4.26. The number of hydrogen-bond donors (Lipinski definition) is 2. The molecule has 1 aliphatic heterocycles. The molecular formula is C22H34ClN5O. The van der Waals surface area contributed by atoms with Crippen molar-refractivity contribution in [2.24, 2.45) is 10.9 Å². The second kappa shape index (κ2) is 10.8. The smallest absolute Gasteiger partial charge is 0.225 e. The summed E-state index contributed by atoms with van der Waals surface area (Å²) in [6, 6.07) is 7.93. The molecule has 0 bridgehead atoms. The number of amides is 1. The van der Waals surface area contributed by atoms with E-state index < -0.39 is 0 Å². The first-order valence-corrected chi connectivity index (χ1v) is 11.2. The van der Waals surface area contributed by atoms with Crippen molar-refractivity contribution in [1.82, 2.24) is 20.4 Å². The summed E-state index contributed by atoms with van der Waals surface area (Å²) in [4.78, 5) is 21.4. The van der Waals surface area contributed by atoms with E-state index in [1.165, 1.54) is 12.8 Å². The van der Waals surface area contributed by atoms with E-state index in [-0.39, 0.29) is 12.0 Å². The molecule has 7 heteroatoms. The number of carbonyl (C=O) groups is 1. The van der Waals surface area contributed by atoms with E-state index in [1.807, 2.05) is 24.3 Å². The van der Waals surface area contributed by atoms with Crippen LogP contribution < -0.4 is 10.6 Å². The molecule has 1 saturated carbocycles. The molecule has 6 nitrogen and oxygen atoms in total. The van der Waals surface area contributed by atoms with Gasteiger partial charge in [-0.1, -0.05) is 42.6 Å². The Labute approximate surface area is 179 Å². The van der Waals surface area contributed by atoms with Crippen LogP contribution in [0.25, 0.3) is 0 Å². The molecule has 1 atom stereocenters. The first-order chi connectivity index (χ1) is 14.1. The minimum absolute atomic E-state index is 0.0695. The van der Waals surface area contributed by atoms with Crippen LogP contribution in [0.3, 0.4) is 0 Å². The Balaban J connectivity index is 1.37. The highest BCUT2D eigenvalue weighted by Gasteiger charge is 2.29. The van der Waals surface area contributed by atoms with Gasteiger partial charge >= 0.3 is 0 Å². The monoisotopic (exact) mass is 419 g/mol. The van der Waals surface area contributed by atoms with Gasteiger partial charge in [0.1, 0.15) is 0 Å². The Morgan fingerprint density at radius 3 is 2.55 bits per heavy atom. The van der Waals surface area contributed by atoms with Crippen molar-refractivity contribution in [1.29, 1.82) is 0 Å². The lowest BCUT2D eigenvalue weighted by Gasteiger charge is -2.36. The molecule has 1 amide bonds. The number of nitrogens with one attached hydrogen (secondary N) is 2. The molecule has 2 N–H and O–H groups in total. The standard InChI is InChI=1S/C22H34ClN5O/c1-17(19-9-5-6-10-20(19)23)26-22(24-2)25-11-12-27-13-15-28(16-14-27)21(29)18-7-3-4-8-18/h5-6,9-10,17-18H,3-4,7-8,11-16H2,1-2H3,(H2,24,25,26). The highest BCUT2D eigenvalue weighted by atomic mass is 35.5. The van der Waals surface area contributed by atoms with E-state index in [2.05, 4.69) is 32.3 Å². The molecule has 0 spiro atoms. The Bertz CT molecular complexity index is 696. The third-order valence-corrected chi connectivity index (χ3v) is 6.40. The summed E-state index contributed by atoms with van der Waals surface area (Å²) in [5.41, 5.74) is 1.06. The summed E-state index contributed by atoms with van der Waals surface area (Å²) in [7, 11) is 1.78. The van der Waals surface area contributed by atoms with Crippen molar-refractivity contribution in [3.05, 3.63) is 34.9 Å². The van der Waals surface area contributed by atoms with Gasteiger partial charge in [0.25, 0.3) is 0 Å². The summed E-state index contributed by atoms with van der Waals surface area (Å²) in [5.74, 6) is 1.45. The number of rotatable bonds is 6. The average molecular weight is 420 g/mol. The summed E-state index contributed by atoms with van der Waals surface area (Å²) >= 11 is 6.29. The molecule has 1 aromatic carbocycles. The topological polar surface area (TPSA) is 60.0 Å². The zero-order chi connectivity index (χ0) is 20.6. The van der Waals surface area contributed by atoms with Gasteiger partial charge in [0, 0.05) is 57.3 Å². The summed E-state index contributed by atoms with van der Waals surface area (Å²) in [6.45, 7) is 7.43. The first-order valence-electron chi connectivity index (χ1n) is 10.8. The number of nitrogens with zero attached hydrogens (tertiary/aromatic N) is 3. The van der Waals surface area contributed by atoms with Gasteiger partial charge in [0.05, 0.1) is 6.04 Å². The maximum absolute atomic E-state index is 12.6. The molecule has 1 aromatic rings. The zero-order valence-electron chi connectivity index (χ0n) is 17.7. The van der Waals surface area contributed by atoms with E-state index in [4.69, 9.17) is 11.6 Å². The van der Waals surface area contributed by atoms with Crippen molar-refractivity contribution < 1.29 is 4.79 Å². The predicted octanol–water partition coefficient (Wildman–Crippen LogP) is 2.90. The average Bonchev–Trinajstić information content (AvgIpc) is 3.28. The SMILES string of the molecule is CN=C(NCCN1CCN(C(=O)C2CCCC2)CC1)NC(C)c1ccccc1Cl. The Kier molecular flexibility index (Phi) is 8.19. The number of halogens is 1. The van der Waals surface area contributed by atoms with Crippen LogP contribution in [0.4, 0.5) is 0 Å². The molecule has 1 unspecified atom stereocenters. The highest BCUT2D eigenvalue weighted by molar-refractivity contribution is 6.31. The molecule has 0 aromatic heterocycles. The molecule has 1 aliphatic carbocycles. The van der Waals surface area contributed by atoms with E-state index in [1.54, 1.807) is 7.05 Å². The fourth-order valence-corrected chi connectivity index (χ4v) is 4.56. The third-order valence-electron chi connectivity index (χ3n) is 6.06. The molecule has 2 fully saturated rings. The number of piperazine rings is 1. The van der Waals surface area contributed by atoms with Crippen LogP contribution in [0, 0.1) is 5.92 Å². The maximum Gasteiger partial charge on any atom is 0.225 e. The van der Waals surface area contributed by atoms with Gasteiger partial charge in [-0.2, -0.15) is 0 Å². The number of guanidine groups is 1. The van der Waals surface area contributed by atoms with Crippen LogP contribution in [0.5, 0.6) is 0 Å². The predicted molar refractivity (Wildman–Crippen MR) is 119 cm³/mol. The quantitative estimate of drug-likeness (QED) is 0.549. The van der Waals surface area contributed by atoms with E-state index >= 15 is 0 Å². The summed E-state index contributed by atoms with van der Waals surface area (Å²) < 4.78 is 0. The van der Waals surface area contributed by atoms with Crippen LogP contribution in [0.15, 0.2) is 29.3 Å². The normalized spacial score (nSPS) is 20.0. The van der Waals surface area contributed by atoms with Crippen LogP contribution in [0.1, 0.15) is 44.2 Å². The van der Waals surface area contributed by atoms with Gasteiger partial charge in [-0.3, -0.25) is 14.7 Å². The van der Waals surface area contributed by atoms with Crippen molar-refractivity contribution >= 4 is 23.5 Å². The highest BCUT2D eigenvalue weighted by Crippen LogP contribution is 2.27. The van der Waals surface area contributed by atoms with Gasteiger partial charge in [0.2, 0.25) is 5.91 Å². The minimum Gasteiger partial charge on any atom is -0.355 e. The number of hydrogen-bond acceptors (Lipinski definition) is 3. The second-order valence-corrected chi connectivity index (χ2v) is 8.44. The molecule has 1 heterocycles. The van der Waals surface area contributed by atoms with E-state index in [0.29, 0.717) is 5.91 Å². The van der Waals surface area contributed by atoms with Crippen molar-refractivity contribution in [3.63, 3.8) is 0 Å². The fraction of sp³-hybridized carbons (Fsp3) is 0.636. The van der Waals surface area contributed by atoms with Crippen LogP contribution in [-0.2, 0) is 4.79 Å². The number of benzene rings is 1.